The predicted octanol–water partition coefficient (Wildman–Crippen LogP) is 0.486. The lowest BCUT2D eigenvalue weighted by molar-refractivity contribution is -0.139. The van der Waals surface area contributed by atoms with Gasteiger partial charge in [-0.2, -0.15) is 0 Å². The standard InChI is InChI=1S/C11H12O6.CH5NO/c1-15-9-3-7(17-6-11(13)14)4-10(16-2)8(9)5-12;1-3-2/h3-5H,6H2,1-2H3,(H,13,14);2H2,1H3. The number of carbonyl (C=O) groups excluding carboxylic acids is 1. The van der Waals surface area contributed by atoms with Gasteiger partial charge in [-0.05, 0) is 0 Å². The summed E-state index contributed by atoms with van der Waals surface area (Å²) in [5.74, 6) is 4.04. The van der Waals surface area contributed by atoms with Crippen molar-refractivity contribution in [1.82, 2.24) is 0 Å². The van der Waals surface area contributed by atoms with Crippen molar-refractivity contribution in [2.75, 3.05) is 27.9 Å². The summed E-state index contributed by atoms with van der Waals surface area (Å²) in [6.07, 6.45) is 0.596. The smallest absolute Gasteiger partial charge is 0.341 e. The summed E-state index contributed by atoms with van der Waals surface area (Å²) in [6, 6.07) is 2.85. The van der Waals surface area contributed by atoms with Crippen LogP contribution >= 0.6 is 0 Å². The number of aliphatic carboxylic acids is 1. The van der Waals surface area contributed by atoms with Crippen LogP contribution < -0.4 is 20.1 Å². The van der Waals surface area contributed by atoms with E-state index in [1.165, 1.54) is 33.5 Å². The fraction of sp³-hybridized carbons (Fsp3) is 0.333. The number of carbonyl (C=O) groups is 2. The molecule has 1 aromatic carbocycles. The van der Waals surface area contributed by atoms with Crippen LogP contribution in [0, 0.1) is 0 Å². The number of hydrogen-bond donors (Lipinski definition) is 2. The van der Waals surface area contributed by atoms with Crippen LogP contribution in [0.15, 0.2) is 12.1 Å². The number of benzene rings is 1. The SMILES string of the molecule is CON.COc1cc(OCC(=O)O)cc(OC)c1C=O. The van der Waals surface area contributed by atoms with Crippen LogP contribution in [0.25, 0.3) is 0 Å². The van der Waals surface area contributed by atoms with Crippen molar-refractivity contribution in [2.45, 2.75) is 0 Å². The van der Waals surface area contributed by atoms with Crippen LogP contribution in [-0.2, 0) is 9.63 Å². The average Bonchev–Trinajstić information content (AvgIpc) is 2.44. The fourth-order valence-electron chi connectivity index (χ4n) is 1.26. The Morgan fingerprint density at radius 1 is 1.25 bits per heavy atom. The molecular weight excluding hydrogens is 270 g/mol. The van der Waals surface area contributed by atoms with E-state index in [1.807, 2.05) is 0 Å². The molecule has 0 saturated carbocycles. The van der Waals surface area contributed by atoms with Crippen molar-refractivity contribution in [2.24, 2.45) is 5.90 Å². The van der Waals surface area contributed by atoms with Crippen LogP contribution in [0.3, 0.4) is 0 Å². The second kappa shape index (κ2) is 9.59. The Labute approximate surface area is 115 Å². The highest BCUT2D eigenvalue weighted by atomic mass is 16.6. The van der Waals surface area contributed by atoms with Gasteiger partial charge in [0.15, 0.2) is 12.9 Å². The minimum atomic E-state index is -1.10. The molecule has 1 aromatic rings. The van der Waals surface area contributed by atoms with Crippen molar-refractivity contribution in [3.8, 4) is 17.2 Å². The van der Waals surface area contributed by atoms with Gasteiger partial charge in [-0.25, -0.2) is 10.7 Å². The molecule has 1 rings (SSSR count). The molecule has 0 saturated heterocycles. The molecule has 0 radical (unpaired) electrons. The Bertz CT molecular complexity index is 422. The highest BCUT2D eigenvalue weighted by molar-refractivity contribution is 5.84. The Kier molecular flexibility index (Phi) is 8.48. The van der Waals surface area contributed by atoms with Gasteiger partial charge in [0.25, 0.3) is 0 Å². The molecule has 0 aliphatic heterocycles. The molecule has 0 atom stereocenters. The number of aldehydes is 1. The van der Waals surface area contributed by atoms with Gasteiger partial charge in [-0.1, -0.05) is 0 Å². The Hall–Kier alpha value is -2.32. The molecule has 3 N–H and O–H groups in total. The molecule has 0 amide bonds. The molecule has 8 nitrogen and oxygen atoms in total. The first-order chi connectivity index (χ1) is 9.53. The van der Waals surface area contributed by atoms with Crippen LogP contribution in [0.4, 0.5) is 0 Å². The summed E-state index contributed by atoms with van der Waals surface area (Å²) in [5.41, 5.74) is 0.248. The second-order valence-electron chi connectivity index (χ2n) is 3.28. The summed E-state index contributed by atoms with van der Waals surface area (Å²) >= 11 is 0. The van der Waals surface area contributed by atoms with E-state index < -0.39 is 12.6 Å². The van der Waals surface area contributed by atoms with Gasteiger partial charge in [0.05, 0.1) is 26.9 Å². The predicted molar refractivity (Wildman–Crippen MR) is 69.3 cm³/mol. The second-order valence-corrected chi connectivity index (χ2v) is 3.28. The van der Waals surface area contributed by atoms with Gasteiger partial charge in [0.1, 0.15) is 17.2 Å². The molecule has 0 unspecified atom stereocenters. The van der Waals surface area contributed by atoms with Gasteiger partial charge in [0, 0.05) is 12.1 Å². The summed E-state index contributed by atoms with van der Waals surface area (Å²) < 4.78 is 15.0. The van der Waals surface area contributed by atoms with Gasteiger partial charge in [-0.15, -0.1) is 0 Å². The Morgan fingerprint density at radius 2 is 1.70 bits per heavy atom. The highest BCUT2D eigenvalue weighted by Gasteiger charge is 2.13. The zero-order valence-electron chi connectivity index (χ0n) is 11.4. The van der Waals surface area contributed by atoms with Crippen LogP contribution in [0.2, 0.25) is 0 Å². The Morgan fingerprint density at radius 3 is 2.00 bits per heavy atom. The number of nitrogens with two attached hydrogens (primary N) is 1. The lowest BCUT2D eigenvalue weighted by Gasteiger charge is -2.11. The highest BCUT2D eigenvalue weighted by Crippen LogP contribution is 2.32. The molecule has 20 heavy (non-hydrogen) atoms. The fourth-order valence-corrected chi connectivity index (χ4v) is 1.26. The topological polar surface area (TPSA) is 117 Å². The first-order valence-electron chi connectivity index (χ1n) is 5.32. The number of ether oxygens (including phenoxy) is 3. The number of methoxy groups -OCH3 is 2. The zero-order valence-corrected chi connectivity index (χ0v) is 11.4. The summed E-state index contributed by atoms with van der Waals surface area (Å²) in [4.78, 5) is 25.0. The maximum atomic E-state index is 10.8. The molecule has 0 heterocycles. The summed E-state index contributed by atoms with van der Waals surface area (Å²) in [6.45, 7) is -0.479. The van der Waals surface area contributed by atoms with Crippen molar-refractivity contribution < 1.29 is 33.7 Å². The lowest BCUT2D eigenvalue weighted by Crippen LogP contribution is -2.09. The molecule has 0 bridgehead atoms. The Balaban J connectivity index is 0.00000110. The first kappa shape index (κ1) is 17.7. The van der Waals surface area contributed by atoms with E-state index in [1.54, 1.807) is 0 Å². The van der Waals surface area contributed by atoms with Crippen LogP contribution in [0.5, 0.6) is 17.2 Å². The molecule has 0 aromatic heterocycles. The molecule has 0 fully saturated rings. The maximum absolute atomic E-state index is 10.8. The number of rotatable bonds is 6. The lowest BCUT2D eigenvalue weighted by atomic mass is 10.2. The van der Waals surface area contributed by atoms with E-state index in [2.05, 4.69) is 10.7 Å². The largest absolute Gasteiger partial charge is 0.496 e. The third-order valence-corrected chi connectivity index (χ3v) is 2.00. The van der Waals surface area contributed by atoms with E-state index in [4.69, 9.17) is 19.3 Å². The number of carboxylic acids is 1. The van der Waals surface area contributed by atoms with Gasteiger partial charge in [-0.3, -0.25) is 4.79 Å². The van der Waals surface area contributed by atoms with Gasteiger partial charge in [0.2, 0.25) is 0 Å². The van der Waals surface area contributed by atoms with E-state index >= 15 is 0 Å². The summed E-state index contributed by atoms with van der Waals surface area (Å²) in [5, 5.41) is 8.48. The zero-order chi connectivity index (χ0) is 15.5. The average molecular weight is 287 g/mol. The quantitative estimate of drug-likeness (QED) is 0.573. The molecular formula is C12H17NO7. The van der Waals surface area contributed by atoms with E-state index in [0.717, 1.165) is 0 Å². The van der Waals surface area contributed by atoms with E-state index in [9.17, 15) is 9.59 Å². The van der Waals surface area contributed by atoms with Crippen LogP contribution in [-0.4, -0.2) is 45.3 Å². The van der Waals surface area contributed by atoms with Crippen molar-refractivity contribution in [1.29, 1.82) is 0 Å². The molecule has 0 aliphatic carbocycles. The number of carboxylic acid groups (broad SMARTS) is 1. The molecule has 0 aliphatic rings. The first-order valence-corrected chi connectivity index (χ1v) is 5.32. The number of hydrogen-bond acceptors (Lipinski definition) is 7. The summed E-state index contributed by atoms with van der Waals surface area (Å²) in [7, 11) is 4.19. The van der Waals surface area contributed by atoms with Crippen molar-refractivity contribution in [3.05, 3.63) is 17.7 Å². The molecule has 0 spiro atoms. The normalized spacial score (nSPS) is 9.00. The van der Waals surface area contributed by atoms with Crippen molar-refractivity contribution >= 4 is 12.3 Å². The van der Waals surface area contributed by atoms with Crippen LogP contribution in [0.1, 0.15) is 10.4 Å². The van der Waals surface area contributed by atoms with E-state index in [0.29, 0.717) is 6.29 Å². The monoisotopic (exact) mass is 287 g/mol. The maximum Gasteiger partial charge on any atom is 0.341 e. The molecule has 112 valence electrons. The van der Waals surface area contributed by atoms with Crippen molar-refractivity contribution in [3.63, 3.8) is 0 Å². The van der Waals surface area contributed by atoms with Gasteiger partial charge < -0.3 is 24.2 Å². The molecule has 8 heteroatoms. The van der Waals surface area contributed by atoms with E-state index in [-0.39, 0.29) is 22.8 Å². The van der Waals surface area contributed by atoms with Gasteiger partial charge >= 0.3 is 5.97 Å². The third kappa shape index (κ3) is 5.55. The minimum Gasteiger partial charge on any atom is -0.496 e. The third-order valence-electron chi connectivity index (χ3n) is 2.00. The minimum absolute atomic E-state index is 0.248.